The van der Waals surface area contributed by atoms with Crippen LogP contribution in [0.25, 0.3) is 11.0 Å². The first-order chi connectivity index (χ1) is 14.4. The number of nitrogens with one attached hydrogen (secondary N) is 2. The Labute approximate surface area is 186 Å². The highest BCUT2D eigenvalue weighted by molar-refractivity contribution is 8.00. The number of fused-ring (bicyclic) bond motifs is 1. The van der Waals surface area contributed by atoms with Gasteiger partial charge in [0, 0.05) is 0 Å². The number of para-hydroxylation sites is 1. The molecule has 30 heavy (non-hydrogen) atoms. The van der Waals surface area contributed by atoms with E-state index in [0.29, 0.717) is 16.6 Å². The van der Waals surface area contributed by atoms with E-state index in [4.69, 9.17) is 16.6 Å². The maximum Gasteiger partial charge on any atom is 0.237 e. The minimum Gasteiger partial charge on any atom is -0.333 e. The molecule has 2 heterocycles. The number of anilines is 1. The number of imidazole rings is 1. The molecule has 0 spiro atoms. The minimum absolute atomic E-state index is 0.0956. The zero-order valence-corrected chi connectivity index (χ0v) is 19.1. The van der Waals surface area contributed by atoms with Crippen molar-refractivity contribution in [1.82, 2.24) is 14.9 Å². The van der Waals surface area contributed by atoms with Crippen LogP contribution < -0.4 is 5.32 Å². The van der Waals surface area contributed by atoms with Gasteiger partial charge in [-0.15, -0.1) is 0 Å². The van der Waals surface area contributed by atoms with E-state index in [-0.39, 0.29) is 11.2 Å². The standard InChI is InChI=1S/C23H27ClN4OS/c1-14-7-8-19(18(24)13-14)25-22(29)15(2)30-23-26-20-6-4-5-17(21(20)27-23)16-9-11-28(3)12-10-16/h4-8,13,15-16H,9-12H2,1-3H3,(H,25,29)(H,26,27). The third-order valence-corrected chi connectivity index (χ3v) is 7.02. The van der Waals surface area contributed by atoms with Crippen molar-refractivity contribution < 1.29 is 4.79 Å². The summed E-state index contributed by atoms with van der Waals surface area (Å²) in [5.74, 6) is 0.453. The molecule has 1 aromatic heterocycles. The number of carbonyl (C=O) groups excluding carboxylic acids is 1. The van der Waals surface area contributed by atoms with E-state index in [1.54, 1.807) is 0 Å². The molecule has 4 rings (SSSR count). The predicted molar refractivity (Wildman–Crippen MR) is 126 cm³/mol. The second-order valence-corrected chi connectivity index (χ2v) is 9.83. The first-order valence-corrected chi connectivity index (χ1v) is 11.6. The van der Waals surface area contributed by atoms with Gasteiger partial charge in [0.15, 0.2) is 5.16 Å². The van der Waals surface area contributed by atoms with Gasteiger partial charge in [0.1, 0.15) is 0 Å². The number of thioether (sulfide) groups is 1. The Hall–Kier alpha value is -2.02. The first-order valence-electron chi connectivity index (χ1n) is 10.3. The van der Waals surface area contributed by atoms with E-state index < -0.39 is 0 Å². The van der Waals surface area contributed by atoms with Crippen molar-refractivity contribution in [3.63, 3.8) is 0 Å². The number of aryl methyl sites for hydroxylation is 1. The van der Waals surface area contributed by atoms with Gasteiger partial charge in [-0.25, -0.2) is 4.98 Å². The van der Waals surface area contributed by atoms with E-state index in [0.717, 1.165) is 47.7 Å². The molecule has 1 saturated heterocycles. The highest BCUT2D eigenvalue weighted by Gasteiger charge is 2.22. The van der Waals surface area contributed by atoms with E-state index in [9.17, 15) is 4.79 Å². The molecule has 7 heteroatoms. The second kappa shape index (κ2) is 9.00. The molecule has 0 aliphatic carbocycles. The molecule has 1 amide bonds. The molecule has 1 aliphatic heterocycles. The number of aromatic nitrogens is 2. The molecular weight excluding hydrogens is 416 g/mol. The summed E-state index contributed by atoms with van der Waals surface area (Å²) in [6, 6.07) is 11.9. The van der Waals surface area contributed by atoms with Gasteiger partial charge >= 0.3 is 0 Å². The minimum atomic E-state index is -0.310. The summed E-state index contributed by atoms with van der Waals surface area (Å²) in [7, 11) is 2.18. The molecule has 1 unspecified atom stereocenters. The Balaban J connectivity index is 1.48. The molecular formula is C23H27ClN4OS. The van der Waals surface area contributed by atoms with Crippen LogP contribution in [0.2, 0.25) is 5.02 Å². The number of nitrogens with zero attached hydrogens (tertiary/aromatic N) is 2. The molecule has 0 saturated carbocycles. The SMILES string of the molecule is Cc1ccc(NC(=O)C(C)Sc2nc3cccc(C4CCN(C)CC4)c3[nH]2)c(Cl)c1. The number of piperidine rings is 1. The number of hydrogen-bond donors (Lipinski definition) is 2. The van der Waals surface area contributed by atoms with Crippen molar-refractivity contribution in [1.29, 1.82) is 0 Å². The molecule has 0 radical (unpaired) electrons. The van der Waals surface area contributed by atoms with Gasteiger partial charge in [0.2, 0.25) is 5.91 Å². The molecule has 3 aromatic rings. The average molecular weight is 443 g/mol. The summed E-state index contributed by atoms with van der Waals surface area (Å²) in [6.45, 7) is 6.09. The molecule has 1 atom stereocenters. The number of aromatic amines is 1. The van der Waals surface area contributed by atoms with Crippen LogP contribution in [0.3, 0.4) is 0 Å². The van der Waals surface area contributed by atoms with E-state index in [2.05, 4.69) is 34.4 Å². The molecule has 5 nitrogen and oxygen atoms in total. The van der Waals surface area contributed by atoms with Gasteiger partial charge in [-0.1, -0.05) is 41.6 Å². The van der Waals surface area contributed by atoms with Crippen molar-refractivity contribution in [3.8, 4) is 0 Å². The van der Waals surface area contributed by atoms with E-state index in [1.807, 2.05) is 38.1 Å². The predicted octanol–water partition coefficient (Wildman–Crippen LogP) is 5.45. The van der Waals surface area contributed by atoms with Crippen LogP contribution in [0.1, 0.15) is 36.8 Å². The van der Waals surface area contributed by atoms with Crippen LogP contribution in [0.5, 0.6) is 0 Å². The number of carbonyl (C=O) groups is 1. The highest BCUT2D eigenvalue weighted by atomic mass is 35.5. The van der Waals surface area contributed by atoms with Crippen molar-refractivity contribution in [2.24, 2.45) is 0 Å². The fourth-order valence-electron chi connectivity index (χ4n) is 3.92. The summed E-state index contributed by atoms with van der Waals surface area (Å²) in [5.41, 5.74) is 5.09. The lowest BCUT2D eigenvalue weighted by atomic mass is 9.89. The van der Waals surface area contributed by atoms with Crippen molar-refractivity contribution in [2.45, 2.75) is 43.0 Å². The average Bonchev–Trinajstić information content (AvgIpc) is 3.13. The van der Waals surface area contributed by atoms with Gasteiger partial charge in [0.25, 0.3) is 0 Å². The Bertz CT molecular complexity index is 1060. The lowest BCUT2D eigenvalue weighted by Crippen LogP contribution is -2.29. The maximum absolute atomic E-state index is 12.7. The topological polar surface area (TPSA) is 61.0 Å². The van der Waals surface area contributed by atoms with Gasteiger partial charge in [-0.3, -0.25) is 4.79 Å². The Morgan fingerprint density at radius 2 is 2.07 bits per heavy atom. The summed E-state index contributed by atoms with van der Waals surface area (Å²) in [6.07, 6.45) is 2.32. The summed E-state index contributed by atoms with van der Waals surface area (Å²) >= 11 is 7.68. The van der Waals surface area contributed by atoms with Crippen LogP contribution in [-0.4, -0.2) is 46.2 Å². The van der Waals surface area contributed by atoms with Gasteiger partial charge in [-0.05, 0) is 82.1 Å². The zero-order chi connectivity index (χ0) is 21.3. The third-order valence-electron chi connectivity index (χ3n) is 5.73. The monoisotopic (exact) mass is 442 g/mol. The van der Waals surface area contributed by atoms with E-state index >= 15 is 0 Å². The largest absolute Gasteiger partial charge is 0.333 e. The maximum atomic E-state index is 12.7. The molecule has 1 fully saturated rings. The van der Waals surface area contributed by atoms with Gasteiger partial charge in [-0.2, -0.15) is 0 Å². The Morgan fingerprint density at radius 3 is 2.80 bits per heavy atom. The Morgan fingerprint density at radius 1 is 1.30 bits per heavy atom. The molecule has 2 N–H and O–H groups in total. The van der Waals surface area contributed by atoms with Crippen LogP contribution >= 0.6 is 23.4 Å². The quantitative estimate of drug-likeness (QED) is 0.515. The number of benzene rings is 2. The normalized spacial score (nSPS) is 16.7. The fourth-order valence-corrected chi connectivity index (χ4v) is 5.02. The molecule has 0 bridgehead atoms. The number of hydrogen-bond acceptors (Lipinski definition) is 4. The lowest BCUT2D eigenvalue weighted by Gasteiger charge is -2.29. The van der Waals surface area contributed by atoms with Crippen LogP contribution in [-0.2, 0) is 4.79 Å². The third kappa shape index (κ3) is 4.66. The second-order valence-electron chi connectivity index (χ2n) is 8.09. The molecule has 1 aliphatic rings. The first kappa shape index (κ1) is 21.2. The van der Waals surface area contributed by atoms with Crippen LogP contribution in [0.15, 0.2) is 41.6 Å². The fraction of sp³-hybridized carbons (Fsp3) is 0.391. The number of halogens is 1. The van der Waals surface area contributed by atoms with Gasteiger partial charge in [0.05, 0.1) is 27.0 Å². The summed E-state index contributed by atoms with van der Waals surface area (Å²) in [4.78, 5) is 23.3. The number of H-pyrrole nitrogens is 1. The van der Waals surface area contributed by atoms with Gasteiger partial charge < -0.3 is 15.2 Å². The number of rotatable bonds is 5. The number of likely N-dealkylation sites (tertiary alicyclic amines) is 1. The Kier molecular flexibility index (Phi) is 6.37. The van der Waals surface area contributed by atoms with Crippen molar-refractivity contribution in [2.75, 3.05) is 25.5 Å². The zero-order valence-electron chi connectivity index (χ0n) is 17.5. The smallest absolute Gasteiger partial charge is 0.237 e. The summed E-state index contributed by atoms with van der Waals surface area (Å²) < 4.78 is 0. The summed E-state index contributed by atoms with van der Waals surface area (Å²) in [5, 5.41) is 3.92. The molecule has 2 aromatic carbocycles. The van der Waals surface area contributed by atoms with Crippen LogP contribution in [0.4, 0.5) is 5.69 Å². The van der Waals surface area contributed by atoms with Crippen LogP contribution in [0, 0.1) is 6.92 Å². The highest BCUT2D eigenvalue weighted by Crippen LogP contribution is 2.34. The van der Waals surface area contributed by atoms with E-state index in [1.165, 1.54) is 17.3 Å². The molecule has 158 valence electrons. The van der Waals surface area contributed by atoms with Crippen molar-refractivity contribution in [3.05, 3.63) is 52.5 Å². The van der Waals surface area contributed by atoms with Crippen molar-refractivity contribution >= 4 is 46.0 Å². The number of amides is 1. The lowest BCUT2D eigenvalue weighted by molar-refractivity contribution is -0.115.